The van der Waals surface area contributed by atoms with Crippen molar-refractivity contribution in [2.75, 3.05) is 0 Å². The van der Waals surface area contributed by atoms with Crippen LogP contribution in [0.2, 0.25) is 0 Å². The summed E-state index contributed by atoms with van der Waals surface area (Å²) in [6.07, 6.45) is 6.81. The molecule has 0 aromatic heterocycles. The van der Waals surface area contributed by atoms with Crippen LogP contribution in [-0.4, -0.2) is 5.11 Å². The first-order chi connectivity index (χ1) is 6.77. The van der Waals surface area contributed by atoms with Crippen molar-refractivity contribution in [2.24, 2.45) is 0 Å². The van der Waals surface area contributed by atoms with E-state index in [0.717, 1.165) is 17.6 Å². The zero-order chi connectivity index (χ0) is 9.97. The Morgan fingerprint density at radius 2 is 2.07 bits per heavy atom. The van der Waals surface area contributed by atoms with Crippen LogP contribution in [0.5, 0.6) is 0 Å². The van der Waals surface area contributed by atoms with E-state index in [1.54, 1.807) is 0 Å². The van der Waals surface area contributed by atoms with Crippen LogP contribution in [0.15, 0.2) is 54.3 Å². The molecule has 1 aliphatic carbocycles. The average Bonchev–Trinajstić information content (AvgIpc) is 2.39. The topological polar surface area (TPSA) is 20.2 Å². The summed E-state index contributed by atoms with van der Waals surface area (Å²) in [5.74, 6) is 0.123. The highest BCUT2D eigenvalue weighted by molar-refractivity contribution is 5.64. The second-order valence-electron chi connectivity index (χ2n) is 3.35. The number of hydrogen-bond acceptors (Lipinski definition) is 1. The molecule has 1 N–H and O–H groups in total. The number of hydrogen-bond donors (Lipinski definition) is 1. The van der Waals surface area contributed by atoms with E-state index in [4.69, 9.17) is 0 Å². The maximum atomic E-state index is 9.31. The fourth-order valence-corrected chi connectivity index (χ4v) is 1.57. The summed E-state index contributed by atoms with van der Waals surface area (Å²) < 4.78 is 0. The predicted octanol–water partition coefficient (Wildman–Crippen LogP) is 3.25. The molecule has 0 fully saturated rings. The number of aliphatic hydroxyl groups excluding tert-OH is 1. The molecule has 0 heterocycles. The largest absolute Gasteiger partial charge is 0.508 e. The molecule has 1 nitrogen and oxygen atoms in total. The maximum absolute atomic E-state index is 9.31. The lowest BCUT2D eigenvalue weighted by molar-refractivity contribution is 0.430. The lowest BCUT2D eigenvalue weighted by atomic mass is 10.0. The molecule has 0 amide bonds. The SMILES string of the molecule is C=C(O)C1=Cc2ccccc2CC=C1. The van der Waals surface area contributed by atoms with Gasteiger partial charge in [0.2, 0.25) is 0 Å². The molecule has 0 saturated heterocycles. The Balaban J connectivity index is 2.51. The van der Waals surface area contributed by atoms with E-state index in [1.165, 1.54) is 5.56 Å². The van der Waals surface area contributed by atoms with Gasteiger partial charge in [-0.25, -0.2) is 0 Å². The molecule has 0 aliphatic heterocycles. The van der Waals surface area contributed by atoms with Gasteiger partial charge >= 0.3 is 0 Å². The Bertz CT molecular complexity index is 425. The van der Waals surface area contributed by atoms with Gasteiger partial charge in [-0.2, -0.15) is 0 Å². The molecule has 14 heavy (non-hydrogen) atoms. The summed E-state index contributed by atoms with van der Waals surface area (Å²) in [5, 5.41) is 9.31. The van der Waals surface area contributed by atoms with Crippen LogP contribution in [0.4, 0.5) is 0 Å². The summed E-state index contributed by atoms with van der Waals surface area (Å²) in [6, 6.07) is 8.17. The van der Waals surface area contributed by atoms with Crippen LogP contribution in [0.25, 0.3) is 6.08 Å². The van der Waals surface area contributed by atoms with Gasteiger partial charge in [0.05, 0.1) is 0 Å². The molecule has 2 rings (SSSR count). The molecule has 0 spiro atoms. The number of rotatable bonds is 1. The van der Waals surface area contributed by atoms with E-state index < -0.39 is 0 Å². The minimum Gasteiger partial charge on any atom is -0.508 e. The summed E-state index contributed by atoms with van der Waals surface area (Å²) in [5.41, 5.74) is 3.22. The normalized spacial score (nSPS) is 14.1. The molecular weight excluding hydrogens is 172 g/mol. The lowest BCUT2D eigenvalue weighted by Gasteiger charge is -2.01. The molecule has 1 aliphatic rings. The molecule has 1 aromatic rings. The zero-order valence-electron chi connectivity index (χ0n) is 7.90. The molecule has 0 atom stereocenters. The van der Waals surface area contributed by atoms with Gasteiger partial charge in [-0.05, 0) is 23.6 Å². The van der Waals surface area contributed by atoms with Crippen LogP contribution in [0.1, 0.15) is 11.1 Å². The van der Waals surface area contributed by atoms with Gasteiger partial charge in [0.15, 0.2) is 0 Å². The quantitative estimate of drug-likeness (QED) is 0.664. The Hall–Kier alpha value is -1.76. The number of allylic oxidation sites excluding steroid dienone is 2. The first-order valence-electron chi connectivity index (χ1n) is 4.62. The lowest BCUT2D eigenvalue weighted by Crippen LogP contribution is -1.84. The van der Waals surface area contributed by atoms with E-state index in [0.29, 0.717) is 0 Å². The van der Waals surface area contributed by atoms with Gasteiger partial charge in [-0.15, -0.1) is 0 Å². The molecule has 1 heteroatoms. The minimum atomic E-state index is 0.123. The van der Waals surface area contributed by atoms with Crippen LogP contribution >= 0.6 is 0 Å². The standard InChI is InChI=1S/C13H12O/c1-10(14)12-8-4-7-11-5-2-3-6-13(11)9-12/h2-6,8-9,14H,1,7H2. The van der Waals surface area contributed by atoms with Crippen molar-refractivity contribution in [3.63, 3.8) is 0 Å². The van der Waals surface area contributed by atoms with Crippen molar-refractivity contribution < 1.29 is 5.11 Å². The third-order valence-corrected chi connectivity index (χ3v) is 2.33. The highest BCUT2D eigenvalue weighted by Gasteiger charge is 2.04. The molecule has 0 bridgehead atoms. The fraction of sp³-hybridized carbons (Fsp3) is 0.0769. The van der Waals surface area contributed by atoms with E-state index >= 15 is 0 Å². The number of benzene rings is 1. The fourth-order valence-electron chi connectivity index (χ4n) is 1.57. The Kier molecular flexibility index (Phi) is 2.23. The Morgan fingerprint density at radius 1 is 1.29 bits per heavy atom. The van der Waals surface area contributed by atoms with Crippen LogP contribution in [-0.2, 0) is 6.42 Å². The summed E-state index contributed by atoms with van der Waals surface area (Å²) in [7, 11) is 0. The average molecular weight is 184 g/mol. The summed E-state index contributed by atoms with van der Waals surface area (Å²) in [4.78, 5) is 0. The number of fused-ring (bicyclic) bond motifs is 1. The third-order valence-electron chi connectivity index (χ3n) is 2.33. The summed E-state index contributed by atoms with van der Waals surface area (Å²) in [6.45, 7) is 3.53. The van der Waals surface area contributed by atoms with E-state index in [2.05, 4.69) is 12.6 Å². The molecular formula is C13H12O. The van der Waals surface area contributed by atoms with Crippen molar-refractivity contribution in [1.29, 1.82) is 0 Å². The number of aliphatic hydroxyl groups is 1. The predicted molar refractivity (Wildman–Crippen MR) is 59.0 cm³/mol. The molecule has 70 valence electrons. The van der Waals surface area contributed by atoms with E-state index in [-0.39, 0.29) is 5.76 Å². The van der Waals surface area contributed by atoms with Crippen molar-refractivity contribution in [3.8, 4) is 0 Å². The van der Waals surface area contributed by atoms with Gasteiger partial charge in [-0.3, -0.25) is 0 Å². The second kappa shape index (κ2) is 3.54. The Morgan fingerprint density at radius 3 is 2.86 bits per heavy atom. The van der Waals surface area contributed by atoms with Gasteiger partial charge in [0.1, 0.15) is 5.76 Å². The Labute approximate surface area is 83.7 Å². The van der Waals surface area contributed by atoms with Gasteiger partial charge in [0, 0.05) is 5.57 Å². The maximum Gasteiger partial charge on any atom is 0.115 e. The molecule has 1 aromatic carbocycles. The van der Waals surface area contributed by atoms with Crippen LogP contribution in [0.3, 0.4) is 0 Å². The van der Waals surface area contributed by atoms with Gasteiger partial charge in [0.25, 0.3) is 0 Å². The van der Waals surface area contributed by atoms with Crippen LogP contribution < -0.4 is 0 Å². The van der Waals surface area contributed by atoms with Crippen molar-refractivity contribution in [1.82, 2.24) is 0 Å². The zero-order valence-corrected chi connectivity index (χ0v) is 7.90. The first kappa shape index (κ1) is 8.82. The molecule has 0 saturated carbocycles. The van der Waals surface area contributed by atoms with Gasteiger partial charge < -0.3 is 5.11 Å². The highest BCUT2D eigenvalue weighted by Crippen LogP contribution is 2.20. The van der Waals surface area contributed by atoms with E-state index in [1.807, 2.05) is 36.4 Å². The van der Waals surface area contributed by atoms with Crippen molar-refractivity contribution in [2.45, 2.75) is 6.42 Å². The monoisotopic (exact) mass is 184 g/mol. The van der Waals surface area contributed by atoms with E-state index in [9.17, 15) is 5.11 Å². The first-order valence-corrected chi connectivity index (χ1v) is 4.62. The van der Waals surface area contributed by atoms with Crippen molar-refractivity contribution in [3.05, 3.63) is 65.5 Å². The smallest absolute Gasteiger partial charge is 0.115 e. The third kappa shape index (κ3) is 1.62. The minimum absolute atomic E-state index is 0.123. The second-order valence-corrected chi connectivity index (χ2v) is 3.35. The summed E-state index contributed by atoms with van der Waals surface area (Å²) >= 11 is 0. The van der Waals surface area contributed by atoms with Gasteiger partial charge in [-0.1, -0.05) is 43.0 Å². The highest BCUT2D eigenvalue weighted by atomic mass is 16.3. The molecule has 0 radical (unpaired) electrons. The molecule has 0 unspecified atom stereocenters. The van der Waals surface area contributed by atoms with Crippen molar-refractivity contribution >= 4 is 6.08 Å². The van der Waals surface area contributed by atoms with Crippen LogP contribution in [0, 0.1) is 0 Å².